The molecule has 2 N–H and O–H groups in total. The number of anilines is 1. The maximum atomic E-state index is 12.5. The van der Waals surface area contributed by atoms with Crippen molar-refractivity contribution in [2.45, 2.75) is 102 Å². The highest BCUT2D eigenvalue weighted by atomic mass is 35.5. The highest BCUT2D eigenvalue weighted by molar-refractivity contribution is 6.03. The van der Waals surface area contributed by atoms with Gasteiger partial charge in [0.1, 0.15) is 13.2 Å². The van der Waals surface area contributed by atoms with Gasteiger partial charge in [-0.1, -0.05) is 87.4 Å². The average molecular weight is 1020 g/mol. The van der Waals surface area contributed by atoms with Gasteiger partial charge in [-0.15, -0.1) is 0 Å². The zero-order valence-corrected chi connectivity index (χ0v) is 44.7. The fraction of sp³-hybridized carbons (Fsp3) is 0.596. The van der Waals surface area contributed by atoms with Gasteiger partial charge in [-0.3, -0.25) is 4.79 Å². The molecular weight excluding hydrogens is 936 g/mol. The first-order chi connectivity index (χ1) is 34.6. The summed E-state index contributed by atoms with van der Waals surface area (Å²) in [7, 11) is 2.15. The van der Waals surface area contributed by atoms with Crippen LogP contribution in [0.15, 0.2) is 96.8 Å². The zero-order chi connectivity index (χ0) is 50.4. The number of nitrogens with zero attached hydrogens (tertiary/aromatic N) is 2. The molecule has 2 aromatic carbocycles. The standard InChI is InChI=1S/C57H84N4O10.ClH/c1-56(2)48-23-16-18-25-50(48)60(5)52(56)27-13-9-14-28-53-57(3,4)49-24-17-19-26-51(49)61(53)32-20-10-15-29-54(62)58-30-33-64-35-37-66-39-41-68-43-45-70-46-44-69-42-40-67-38-36-65-34-31-59-55(63)71-47-21-11-7-6-8-12-22-47;/h9,11,13-14,16-19,21,23-28,47H,6-8,10,12,15,20,22,29-46H2,1-5H3,(H-,58,59,62,63);1H/b21-11+;. The maximum Gasteiger partial charge on any atom is 0.407 e. The lowest BCUT2D eigenvalue weighted by molar-refractivity contribution is -0.401. The molecular formula is C57H85ClN4O10. The molecule has 72 heavy (non-hydrogen) atoms. The van der Waals surface area contributed by atoms with Gasteiger partial charge in [0, 0.05) is 60.6 Å². The minimum Gasteiger partial charge on any atom is -1.00 e. The molecule has 5 rings (SSSR count). The second-order valence-corrected chi connectivity index (χ2v) is 19.1. The third-order valence-corrected chi connectivity index (χ3v) is 13.0. The summed E-state index contributed by atoms with van der Waals surface area (Å²) in [5.74, 6) is 0.0584. The number of benzene rings is 2. The van der Waals surface area contributed by atoms with E-state index in [2.05, 4.69) is 140 Å². The molecule has 0 radical (unpaired) electrons. The Morgan fingerprint density at radius 2 is 1.22 bits per heavy atom. The van der Waals surface area contributed by atoms with Gasteiger partial charge in [-0.25, -0.2) is 4.79 Å². The highest BCUT2D eigenvalue weighted by Crippen LogP contribution is 2.47. The monoisotopic (exact) mass is 1020 g/mol. The van der Waals surface area contributed by atoms with Crippen molar-refractivity contribution in [1.82, 2.24) is 10.6 Å². The van der Waals surface area contributed by atoms with E-state index in [0.717, 1.165) is 45.1 Å². The molecule has 0 saturated carbocycles. The van der Waals surface area contributed by atoms with Crippen molar-refractivity contribution < 1.29 is 64.5 Å². The normalized spacial score (nSPS) is 18.0. The first kappa shape index (κ1) is 60.2. The molecule has 0 saturated heterocycles. The van der Waals surface area contributed by atoms with Crippen molar-refractivity contribution in [3.8, 4) is 0 Å². The van der Waals surface area contributed by atoms with E-state index in [-0.39, 0.29) is 35.2 Å². The molecule has 2 aromatic rings. The Kier molecular flexibility index (Phi) is 28.6. The SMILES string of the molecule is C[N+]1=C(/C=C/C=C/C=C2/N(CCCCCC(=O)NCCOCCOCCOCCOCCOCCOCCOCCNC(=O)OC3/C=C/CCCCC3)c3ccccc3C2(C)C)C(C)(C)c2ccccc21.[Cl-]. The van der Waals surface area contributed by atoms with E-state index < -0.39 is 6.09 Å². The van der Waals surface area contributed by atoms with Gasteiger partial charge in [0.05, 0.1) is 97.9 Å². The van der Waals surface area contributed by atoms with Crippen LogP contribution in [0.3, 0.4) is 0 Å². The quantitative estimate of drug-likeness (QED) is 0.0376. The van der Waals surface area contributed by atoms with Crippen molar-refractivity contribution in [3.63, 3.8) is 0 Å². The van der Waals surface area contributed by atoms with E-state index in [0.29, 0.717) is 112 Å². The molecule has 1 aliphatic carbocycles. The number of ether oxygens (including phenoxy) is 8. The third kappa shape index (κ3) is 20.5. The summed E-state index contributed by atoms with van der Waals surface area (Å²) in [6, 6.07) is 17.4. The summed E-state index contributed by atoms with van der Waals surface area (Å²) < 4.78 is 46.6. The van der Waals surface area contributed by atoms with Crippen LogP contribution in [0.25, 0.3) is 0 Å². The predicted molar refractivity (Wildman–Crippen MR) is 281 cm³/mol. The van der Waals surface area contributed by atoms with E-state index in [9.17, 15) is 9.59 Å². The van der Waals surface area contributed by atoms with Crippen LogP contribution >= 0.6 is 0 Å². The summed E-state index contributed by atoms with van der Waals surface area (Å²) in [6.45, 7) is 17.4. The Bertz CT molecular complexity index is 2050. The van der Waals surface area contributed by atoms with Gasteiger partial charge in [0.25, 0.3) is 0 Å². The van der Waals surface area contributed by atoms with Crippen LogP contribution in [0.4, 0.5) is 16.2 Å². The Morgan fingerprint density at radius 3 is 1.85 bits per heavy atom. The van der Waals surface area contributed by atoms with Gasteiger partial charge in [-0.2, -0.15) is 4.58 Å². The second kappa shape index (κ2) is 34.2. The van der Waals surface area contributed by atoms with E-state index >= 15 is 0 Å². The minimum absolute atomic E-state index is 0. The highest BCUT2D eigenvalue weighted by Gasteiger charge is 2.42. The smallest absolute Gasteiger partial charge is 0.407 e. The van der Waals surface area contributed by atoms with Gasteiger partial charge >= 0.3 is 6.09 Å². The van der Waals surface area contributed by atoms with Crippen molar-refractivity contribution in [3.05, 3.63) is 108 Å². The van der Waals surface area contributed by atoms with E-state index in [1.54, 1.807) is 0 Å². The summed E-state index contributed by atoms with van der Waals surface area (Å²) in [5, 5.41) is 5.71. The zero-order valence-electron chi connectivity index (χ0n) is 44.0. The lowest BCUT2D eigenvalue weighted by atomic mass is 9.81. The van der Waals surface area contributed by atoms with Crippen LogP contribution in [0.2, 0.25) is 0 Å². The number of alkyl carbamates (subject to hydrolysis) is 1. The van der Waals surface area contributed by atoms with Gasteiger partial charge in [0.15, 0.2) is 5.71 Å². The number of carbonyl (C=O) groups excluding carboxylic acids is 2. The Hall–Kier alpha value is -4.38. The minimum atomic E-state index is -0.406. The van der Waals surface area contributed by atoms with Crippen molar-refractivity contribution >= 4 is 29.1 Å². The van der Waals surface area contributed by atoms with Crippen LogP contribution in [-0.2, 0) is 53.5 Å². The van der Waals surface area contributed by atoms with Gasteiger partial charge in [0.2, 0.25) is 11.6 Å². The molecule has 0 bridgehead atoms. The average Bonchev–Trinajstić information content (AvgIpc) is 3.68. The molecule has 15 heteroatoms. The maximum absolute atomic E-state index is 12.5. The molecule has 2 heterocycles. The Labute approximate surface area is 436 Å². The van der Waals surface area contributed by atoms with Crippen molar-refractivity contribution in [1.29, 1.82) is 0 Å². The summed E-state index contributed by atoms with van der Waals surface area (Å²) in [4.78, 5) is 27.0. The van der Waals surface area contributed by atoms with Crippen LogP contribution in [-0.4, -0.2) is 148 Å². The number of unbranched alkanes of at least 4 members (excludes halogenated alkanes) is 2. The fourth-order valence-corrected chi connectivity index (χ4v) is 9.18. The Morgan fingerprint density at radius 1 is 0.653 bits per heavy atom. The third-order valence-electron chi connectivity index (χ3n) is 13.0. The topological polar surface area (TPSA) is 138 Å². The van der Waals surface area contributed by atoms with Crippen LogP contribution in [0.5, 0.6) is 0 Å². The molecule has 0 aromatic heterocycles. The number of carbonyl (C=O) groups is 2. The number of para-hydroxylation sites is 2. The number of amides is 2. The number of nitrogens with one attached hydrogen (secondary N) is 2. The first-order valence-electron chi connectivity index (χ1n) is 26.2. The molecule has 1 unspecified atom stereocenters. The van der Waals surface area contributed by atoms with Crippen molar-refractivity contribution in [2.24, 2.45) is 0 Å². The second-order valence-electron chi connectivity index (χ2n) is 19.1. The summed E-state index contributed by atoms with van der Waals surface area (Å²) in [6.07, 6.45) is 23.2. The fourth-order valence-electron chi connectivity index (χ4n) is 9.18. The molecule has 14 nitrogen and oxygen atoms in total. The number of hydrogen-bond acceptors (Lipinski definition) is 11. The predicted octanol–water partition coefficient (Wildman–Crippen LogP) is 5.90. The molecule has 2 amide bonds. The van der Waals surface area contributed by atoms with Crippen molar-refractivity contribution in [2.75, 3.05) is 124 Å². The molecule has 3 aliphatic rings. The van der Waals surface area contributed by atoms with Crippen LogP contribution in [0, 0.1) is 0 Å². The van der Waals surface area contributed by atoms with Crippen LogP contribution < -0.4 is 27.9 Å². The molecule has 2 aliphatic heterocycles. The lowest BCUT2D eigenvalue weighted by Crippen LogP contribution is -3.00. The molecule has 1 atom stereocenters. The molecule has 0 spiro atoms. The van der Waals surface area contributed by atoms with Crippen LogP contribution in [0.1, 0.15) is 96.6 Å². The largest absolute Gasteiger partial charge is 1.00 e. The number of halogens is 1. The van der Waals surface area contributed by atoms with Gasteiger partial charge in [-0.05, 0) is 76.2 Å². The van der Waals surface area contributed by atoms with E-state index in [4.69, 9.17) is 37.9 Å². The number of fused-ring (bicyclic) bond motifs is 2. The number of hydrogen-bond donors (Lipinski definition) is 2. The summed E-state index contributed by atoms with van der Waals surface area (Å²) in [5.41, 5.74) is 7.65. The first-order valence-corrected chi connectivity index (χ1v) is 26.2. The van der Waals surface area contributed by atoms with E-state index in [1.165, 1.54) is 46.8 Å². The van der Waals surface area contributed by atoms with Gasteiger partial charge < -0.3 is 65.8 Å². The number of rotatable bonds is 34. The Balaban J connectivity index is 0.0000112. The van der Waals surface area contributed by atoms with E-state index in [1.807, 2.05) is 6.08 Å². The molecule has 0 fully saturated rings. The summed E-state index contributed by atoms with van der Waals surface area (Å²) >= 11 is 0. The molecule has 400 valence electrons. The number of allylic oxidation sites excluding steroid dienone is 7. The lowest BCUT2D eigenvalue weighted by Gasteiger charge is -2.27.